The number of para-hydroxylation sites is 1. The number of primary amides is 1. The van der Waals surface area contributed by atoms with Crippen molar-refractivity contribution in [2.75, 3.05) is 11.9 Å². The number of hydrogen-bond donors (Lipinski definition) is 2. The molecule has 0 spiro atoms. The highest BCUT2D eigenvalue weighted by Gasteiger charge is 2.34. The van der Waals surface area contributed by atoms with Crippen molar-refractivity contribution in [1.82, 2.24) is 4.90 Å². The molecule has 25 heavy (non-hydrogen) atoms. The average molecular weight is 370 g/mol. The molecule has 0 aliphatic carbocycles. The molecule has 0 aromatic heterocycles. The summed E-state index contributed by atoms with van der Waals surface area (Å²) in [6.45, 7) is 11.0. The fraction of sp³-hybridized carbons (Fsp3) is 0.556. The Hall–Kier alpha value is -1.95. The normalized spacial score (nSPS) is 13.1. The van der Waals surface area contributed by atoms with Gasteiger partial charge < -0.3 is 20.7 Å². The number of benzene rings is 1. The van der Waals surface area contributed by atoms with Gasteiger partial charge in [0.2, 0.25) is 5.91 Å². The van der Waals surface area contributed by atoms with Gasteiger partial charge in [-0.05, 0) is 53.7 Å². The van der Waals surface area contributed by atoms with Gasteiger partial charge in [-0.15, -0.1) is 0 Å². The van der Waals surface area contributed by atoms with E-state index in [0.29, 0.717) is 10.7 Å². The molecule has 0 aliphatic heterocycles. The standard InChI is InChI=1S/C18H28ClN3O3/c1-17(2,3)22(16(24)25-18(4,5)6)11-14(15(20)23)21-13-10-8-7-9-12(13)19/h7-10,14,21H,11H2,1-6H3,(H2,20,23). The van der Waals surface area contributed by atoms with Crippen molar-refractivity contribution in [3.63, 3.8) is 0 Å². The van der Waals surface area contributed by atoms with E-state index in [1.165, 1.54) is 4.90 Å². The Labute approximate surface area is 154 Å². The van der Waals surface area contributed by atoms with Gasteiger partial charge in [0.1, 0.15) is 11.6 Å². The monoisotopic (exact) mass is 369 g/mol. The number of halogens is 1. The predicted octanol–water partition coefficient (Wildman–Crippen LogP) is 3.64. The number of amides is 2. The van der Waals surface area contributed by atoms with Crippen LogP contribution < -0.4 is 11.1 Å². The molecule has 6 nitrogen and oxygen atoms in total. The minimum atomic E-state index is -0.813. The van der Waals surface area contributed by atoms with Crippen molar-refractivity contribution >= 4 is 29.3 Å². The number of ether oxygens (including phenoxy) is 1. The summed E-state index contributed by atoms with van der Waals surface area (Å²) in [7, 11) is 0. The predicted molar refractivity (Wildman–Crippen MR) is 101 cm³/mol. The Balaban J connectivity index is 3.03. The lowest BCUT2D eigenvalue weighted by atomic mass is 10.1. The SMILES string of the molecule is CC(C)(C)OC(=O)N(CC(Nc1ccccc1Cl)C(N)=O)C(C)(C)C. The second-order valence-electron chi connectivity index (χ2n) is 7.84. The molecule has 0 saturated carbocycles. The molecule has 1 aromatic carbocycles. The number of nitrogens with zero attached hydrogens (tertiary/aromatic N) is 1. The van der Waals surface area contributed by atoms with Crippen molar-refractivity contribution in [2.45, 2.75) is 58.7 Å². The van der Waals surface area contributed by atoms with Gasteiger partial charge in [0, 0.05) is 5.54 Å². The Morgan fingerprint density at radius 1 is 1.20 bits per heavy atom. The van der Waals surface area contributed by atoms with Crippen LogP contribution in [0.2, 0.25) is 5.02 Å². The van der Waals surface area contributed by atoms with Gasteiger partial charge in [-0.1, -0.05) is 23.7 Å². The van der Waals surface area contributed by atoms with Crippen LogP contribution in [0.3, 0.4) is 0 Å². The van der Waals surface area contributed by atoms with E-state index in [-0.39, 0.29) is 6.54 Å². The summed E-state index contributed by atoms with van der Waals surface area (Å²) in [6.07, 6.45) is -0.507. The highest BCUT2D eigenvalue weighted by molar-refractivity contribution is 6.33. The van der Waals surface area contributed by atoms with E-state index in [4.69, 9.17) is 22.1 Å². The quantitative estimate of drug-likeness (QED) is 0.829. The Bertz CT molecular complexity index is 621. The van der Waals surface area contributed by atoms with Crippen molar-refractivity contribution in [3.05, 3.63) is 29.3 Å². The zero-order chi connectivity index (χ0) is 19.4. The van der Waals surface area contributed by atoms with Crippen LogP contribution in [-0.2, 0) is 9.53 Å². The number of anilines is 1. The number of carbonyl (C=O) groups is 2. The number of nitrogens with two attached hydrogens (primary N) is 1. The van der Waals surface area contributed by atoms with Gasteiger partial charge >= 0.3 is 6.09 Å². The molecular weight excluding hydrogens is 342 g/mol. The van der Waals surface area contributed by atoms with Gasteiger partial charge in [-0.25, -0.2) is 4.79 Å². The molecule has 0 radical (unpaired) electrons. The van der Waals surface area contributed by atoms with E-state index in [1.54, 1.807) is 45.0 Å². The molecule has 7 heteroatoms. The van der Waals surface area contributed by atoms with Crippen LogP contribution in [0.1, 0.15) is 41.5 Å². The van der Waals surface area contributed by atoms with E-state index < -0.39 is 29.2 Å². The molecule has 0 fully saturated rings. The first-order valence-electron chi connectivity index (χ1n) is 8.12. The molecule has 1 unspecified atom stereocenters. The molecule has 0 bridgehead atoms. The van der Waals surface area contributed by atoms with Gasteiger partial charge in [-0.2, -0.15) is 0 Å². The highest BCUT2D eigenvalue weighted by atomic mass is 35.5. The molecular formula is C18H28ClN3O3. The summed E-state index contributed by atoms with van der Waals surface area (Å²) >= 11 is 6.13. The molecule has 140 valence electrons. The first-order valence-corrected chi connectivity index (χ1v) is 8.50. The second kappa shape index (κ2) is 7.95. The lowest BCUT2D eigenvalue weighted by Gasteiger charge is -2.38. The maximum absolute atomic E-state index is 12.6. The van der Waals surface area contributed by atoms with Crippen molar-refractivity contribution < 1.29 is 14.3 Å². The Kier molecular flexibility index (Phi) is 6.71. The number of carbonyl (C=O) groups excluding carboxylic acids is 2. The Morgan fingerprint density at radius 2 is 1.76 bits per heavy atom. The molecule has 2 amide bonds. The first-order chi connectivity index (χ1) is 11.3. The molecule has 3 N–H and O–H groups in total. The minimum absolute atomic E-state index is 0.0545. The van der Waals surface area contributed by atoms with Gasteiger partial charge in [-0.3, -0.25) is 4.79 Å². The molecule has 1 rings (SSSR count). The summed E-state index contributed by atoms with van der Waals surface area (Å²) in [6, 6.07) is 6.22. The number of rotatable bonds is 5. The van der Waals surface area contributed by atoms with E-state index in [9.17, 15) is 9.59 Å². The molecule has 1 atom stereocenters. The van der Waals surface area contributed by atoms with Crippen LogP contribution in [0.4, 0.5) is 10.5 Å². The maximum atomic E-state index is 12.6. The average Bonchev–Trinajstić information content (AvgIpc) is 2.41. The first kappa shape index (κ1) is 21.1. The van der Waals surface area contributed by atoms with E-state index >= 15 is 0 Å². The van der Waals surface area contributed by atoms with Gasteiger partial charge in [0.05, 0.1) is 17.3 Å². The highest BCUT2D eigenvalue weighted by Crippen LogP contribution is 2.23. The van der Waals surface area contributed by atoms with Crippen LogP contribution in [0.25, 0.3) is 0 Å². The third kappa shape index (κ3) is 6.82. The summed E-state index contributed by atoms with van der Waals surface area (Å²) in [5, 5.41) is 3.48. The minimum Gasteiger partial charge on any atom is -0.444 e. The third-order valence-electron chi connectivity index (χ3n) is 3.34. The molecule has 1 aromatic rings. The van der Waals surface area contributed by atoms with Crippen molar-refractivity contribution in [1.29, 1.82) is 0 Å². The third-order valence-corrected chi connectivity index (χ3v) is 3.67. The van der Waals surface area contributed by atoms with E-state index in [1.807, 2.05) is 20.8 Å². The van der Waals surface area contributed by atoms with Crippen molar-refractivity contribution in [2.24, 2.45) is 5.73 Å². The largest absolute Gasteiger partial charge is 0.444 e. The van der Waals surface area contributed by atoms with E-state index in [0.717, 1.165) is 0 Å². The lowest BCUT2D eigenvalue weighted by molar-refractivity contribution is -0.119. The zero-order valence-corrected chi connectivity index (χ0v) is 16.5. The van der Waals surface area contributed by atoms with Crippen LogP contribution in [-0.4, -0.2) is 40.6 Å². The fourth-order valence-corrected chi connectivity index (χ4v) is 2.28. The second-order valence-corrected chi connectivity index (χ2v) is 8.25. The van der Waals surface area contributed by atoms with E-state index in [2.05, 4.69) is 5.32 Å². The molecule has 0 aliphatic rings. The van der Waals surface area contributed by atoms with Crippen LogP contribution >= 0.6 is 11.6 Å². The summed E-state index contributed by atoms with van der Waals surface area (Å²) in [4.78, 5) is 26.0. The van der Waals surface area contributed by atoms with Crippen LogP contribution in [0.5, 0.6) is 0 Å². The topological polar surface area (TPSA) is 84.7 Å². The smallest absolute Gasteiger partial charge is 0.410 e. The van der Waals surface area contributed by atoms with Gasteiger partial charge in [0.15, 0.2) is 0 Å². The summed E-state index contributed by atoms with van der Waals surface area (Å²) in [5.74, 6) is -0.585. The fourth-order valence-electron chi connectivity index (χ4n) is 2.09. The number of hydrogen-bond acceptors (Lipinski definition) is 4. The maximum Gasteiger partial charge on any atom is 0.410 e. The number of nitrogens with one attached hydrogen (secondary N) is 1. The van der Waals surface area contributed by atoms with Crippen LogP contribution in [0.15, 0.2) is 24.3 Å². The Morgan fingerprint density at radius 3 is 2.20 bits per heavy atom. The van der Waals surface area contributed by atoms with Crippen LogP contribution in [0, 0.1) is 0 Å². The lowest BCUT2D eigenvalue weighted by Crippen LogP contribution is -2.54. The zero-order valence-electron chi connectivity index (χ0n) is 15.7. The molecule has 0 heterocycles. The molecule has 0 saturated heterocycles. The van der Waals surface area contributed by atoms with Gasteiger partial charge in [0.25, 0.3) is 0 Å². The summed E-state index contributed by atoms with van der Waals surface area (Å²) < 4.78 is 5.46. The summed E-state index contributed by atoms with van der Waals surface area (Å²) in [5.41, 5.74) is 4.91. The van der Waals surface area contributed by atoms with Crippen molar-refractivity contribution in [3.8, 4) is 0 Å².